The Hall–Kier alpha value is -2.41. The predicted octanol–water partition coefficient (Wildman–Crippen LogP) is 2.78. The molecular weight excluding hydrogens is 386 g/mol. The first kappa shape index (κ1) is 20.9. The second-order valence-corrected chi connectivity index (χ2v) is 9.67. The summed E-state index contributed by atoms with van der Waals surface area (Å²) in [4.78, 5) is 0.111. The molecule has 0 bridgehead atoms. The lowest BCUT2D eigenvalue weighted by atomic mass is 10.2. The lowest BCUT2D eigenvalue weighted by Crippen LogP contribution is -2.27. The van der Waals surface area contributed by atoms with Gasteiger partial charge in [-0.2, -0.15) is 5.26 Å². The Morgan fingerprint density at radius 3 is 2.04 bits per heavy atom. The van der Waals surface area contributed by atoms with Crippen molar-refractivity contribution in [3.05, 3.63) is 54.1 Å². The molecule has 0 heterocycles. The average molecular weight is 408 g/mol. The van der Waals surface area contributed by atoms with Gasteiger partial charge in [-0.3, -0.25) is 4.72 Å². The Morgan fingerprint density at radius 1 is 0.963 bits per heavy atom. The Labute approximate surface area is 160 Å². The van der Waals surface area contributed by atoms with Crippen LogP contribution in [0.4, 0.5) is 5.69 Å². The first-order chi connectivity index (χ1) is 12.7. The average Bonchev–Trinajstić information content (AvgIpc) is 2.66. The smallest absolute Gasteiger partial charge is 0.261 e. The maximum Gasteiger partial charge on any atom is 0.261 e. The summed E-state index contributed by atoms with van der Waals surface area (Å²) in [5, 5.41) is 8.78. The van der Waals surface area contributed by atoms with Crippen molar-refractivity contribution in [3.63, 3.8) is 0 Å². The number of nitrogens with one attached hydrogen (secondary N) is 1. The number of anilines is 1. The Kier molecular flexibility index (Phi) is 6.59. The van der Waals surface area contributed by atoms with Crippen molar-refractivity contribution in [1.82, 2.24) is 4.31 Å². The van der Waals surface area contributed by atoms with Gasteiger partial charge in [0, 0.05) is 19.3 Å². The topological polar surface area (TPSA) is 107 Å². The summed E-state index contributed by atoms with van der Waals surface area (Å²) in [5.41, 5.74) is 0.602. The number of hydrogen-bond donors (Lipinski definition) is 1. The third-order valence-electron chi connectivity index (χ3n) is 3.93. The van der Waals surface area contributed by atoms with E-state index >= 15 is 0 Å². The fraction of sp³-hybridized carbons (Fsp3) is 0.278. The highest BCUT2D eigenvalue weighted by molar-refractivity contribution is 7.92. The van der Waals surface area contributed by atoms with E-state index in [0.29, 0.717) is 12.1 Å². The van der Waals surface area contributed by atoms with E-state index < -0.39 is 20.0 Å². The van der Waals surface area contributed by atoms with Gasteiger partial charge < -0.3 is 0 Å². The van der Waals surface area contributed by atoms with Crippen LogP contribution in [0.25, 0.3) is 0 Å². The molecule has 0 fully saturated rings. The van der Waals surface area contributed by atoms with E-state index in [-0.39, 0.29) is 15.5 Å². The third-order valence-corrected chi connectivity index (χ3v) is 7.20. The van der Waals surface area contributed by atoms with Crippen LogP contribution in [0.3, 0.4) is 0 Å². The van der Waals surface area contributed by atoms with E-state index in [1.807, 2.05) is 13.0 Å². The molecule has 7 nitrogen and oxygen atoms in total. The molecular formula is C18H21N3O4S2. The second-order valence-electron chi connectivity index (χ2n) is 5.95. The first-order valence-electron chi connectivity index (χ1n) is 8.30. The van der Waals surface area contributed by atoms with Crippen molar-refractivity contribution in [2.24, 2.45) is 0 Å². The van der Waals surface area contributed by atoms with Crippen molar-refractivity contribution < 1.29 is 16.8 Å². The lowest BCUT2D eigenvalue weighted by molar-refractivity contribution is 0.459. The maximum atomic E-state index is 12.5. The minimum Gasteiger partial charge on any atom is -0.280 e. The third kappa shape index (κ3) is 5.07. The van der Waals surface area contributed by atoms with Crippen LogP contribution in [0.1, 0.15) is 25.3 Å². The van der Waals surface area contributed by atoms with Crippen LogP contribution in [0.5, 0.6) is 0 Å². The summed E-state index contributed by atoms with van der Waals surface area (Å²) in [5.74, 6) is 0. The molecule has 0 aliphatic carbocycles. The van der Waals surface area contributed by atoms with Crippen LogP contribution in [-0.4, -0.2) is 34.7 Å². The van der Waals surface area contributed by atoms with Crippen molar-refractivity contribution in [3.8, 4) is 6.07 Å². The number of nitriles is 1. The van der Waals surface area contributed by atoms with Gasteiger partial charge in [-0.05, 0) is 55.0 Å². The molecule has 0 unspecified atom stereocenters. The van der Waals surface area contributed by atoms with Crippen molar-refractivity contribution >= 4 is 25.7 Å². The highest BCUT2D eigenvalue weighted by Gasteiger charge is 2.20. The minimum atomic E-state index is -3.83. The van der Waals surface area contributed by atoms with E-state index in [1.54, 1.807) is 0 Å². The fourth-order valence-corrected chi connectivity index (χ4v) is 4.57. The van der Waals surface area contributed by atoms with Crippen LogP contribution < -0.4 is 4.72 Å². The molecule has 2 rings (SSSR count). The zero-order chi connectivity index (χ0) is 20.1. The summed E-state index contributed by atoms with van der Waals surface area (Å²) in [6, 6.07) is 13.0. The van der Waals surface area contributed by atoms with E-state index in [1.165, 1.54) is 59.9 Å². The van der Waals surface area contributed by atoms with Crippen molar-refractivity contribution in [2.45, 2.75) is 29.6 Å². The fourth-order valence-electron chi connectivity index (χ4n) is 2.30. The van der Waals surface area contributed by atoms with E-state index in [4.69, 9.17) is 5.26 Å². The van der Waals surface area contributed by atoms with E-state index in [2.05, 4.69) is 4.72 Å². The van der Waals surface area contributed by atoms with Gasteiger partial charge in [0.1, 0.15) is 0 Å². The highest BCUT2D eigenvalue weighted by atomic mass is 32.2. The van der Waals surface area contributed by atoms with Gasteiger partial charge in [-0.1, -0.05) is 13.3 Å². The summed E-state index contributed by atoms with van der Waals surface area (Å²) >= 11 is 0. The number of unbranched alkanes of at least 4 members (excludes halogenated alkanes) is 1. The molecule has 144 valence electrons. The van der Waals surface area contributed by atoms with E-state index in [9.17, 15) is 16.8 Å². The van der Waals surface area contributed by atoms with Crippen LogP contribution in [-0.2, 0) is 20.0 Å². The molecule has 2 aromatic rings. The van der Waals surface area contributed by atoms with Crippen LogP contribution in [0.2, 0.25) is 0 Å². The molecule has 0 atom stereocenters. The standard InChI is InChI=1S/C18H21N3O4S2/c1-3-4-13-21(2)27(24,25)18-11-7-16(8-12-18)20-26(22,23)17-9-5-15(14-19)6-10-17/h5-12,20H,3-4,13H2,1-2H3. The molecule has 0 saturated heterocycles. The van der Waals surface area contributed by atoms with Gasteiger partial charge >= 0.3 is 0 Å². The van der Waals surface area contributed by atoms with Crippen LogP contribution in [0.15, 0.2) is 58.3 Å². The maximum absolute atomic E-state index is 12.5. The molecule has 0 radical (unpaired) electrons. The Morgan fingerprint density at radius 2 is 1.52 bits per heavy atom. The Balaban J connectivity index is 2.18. The molecule has 1 N–H and O–H groups in total. The number of rotatable bonds is 8. The summed E-state index contributed by atoms with van der Waals surface area (Å²) < 4.78 is 53.4. The first-order valence-corrected chi connectivity index (χ1v) is 11.2. The lowest BCUT2D eigenvalue weighted by Gasteiger charge is -2.17. The molecule has 9 heteroatoms. The van der Waals surface area contributed by atoms with Crippen molar-refractivity contribution in [1.29, 1.82) is 5.26 Å². The van der Waals surface area contributed by atoms with Crippen molar-refractivity contribution in [2.75, 3.05) is 18.3 Å². The zero-order valence-electron chi connectivity index (χ0n) is 15.1. The largest absolute Gasteiger partial charge is 0.280 e. The minimum absolute atomic E-state index is 0.0116. The summed E-state index contributed by atoms with van der Waals surface area (Å²) in [7, 11) is -5.92. The van der Waals surface area contributed by atoms with Gasteiger partial charge in [-0.25, -0.2) is 21.1 Å². The summed E-state index contributed by atoms with van der Waals surface area (Å²) in [6.45, 7) is 2.40. The SMILES string of the molecule is CCCCN(C)S(=O)(=O)c1ccc(NS(=O)(=O)c2ccc(C#N)cc2)cc1. The number of hydrogen-bond acceptors (Lipinski definition) is 5. The van der Waals surface area contributed by atoms with Gasteiger partial charge in [0.2, 0.25) is 10.0 Å². The Bertz CT molecular complexity index is 1020. The molecule has 0 saturated carbocycles. The van der Waals surface area contributed by atoms with Crippen LogP contribution >= 0.6 is 0 Å². The zero-order valence-corrected chi connectivity index (χ0v) is 16.7. The number of benzene rings is 2. The summed E-state index contributed by atoms with van der Waals surface area (Å²) in [6.07, 6.45) is 1.65. The molecule has 0 aliphatic heterocycles. The molecule has 2 aromatic carbocycles. The number of nitrogens with zero attached hydrogens (tertiary/aromatic N) is 2. The van der Waals surface area contributed by atoms with E-state index in [0.717, 1.165) is 12.8 Å². The molecule has 0 amide bonds. The molecule has 0 spiro atoms. The van der Waals surface area contributed by atoms with Gasteiger partial charge in [0.15, 0.2) is 0 Å². The molecule has 0 aliphatic rings. The quantitative estimate of drug-likeness (QED) is 0.724. The van der Waals surface area contributed by atoms with Gasteiger partial charge in [-0.15, -0.1) is 0 Å². The van der Waals surface area contributed by atoms with Crippen LogP contribution in [0, 0.1) is 11.3 Å². The highest BCUT2D eigenvalue weighted by Crippen LogP contribution is 2.20. The molecule has 27 heavy (non-hydrogen) atoms. The second kappa shape index (κ2) is 8.52. The molecule has 0 aromatic heterocycles. The normalized spacial score (nSPS) is 11.9. The van der Waals surface area contributed by atoms with Gasteiger partial charge in [0.25, 0.3) is 10.0 Å². The monoisotopic (exact) mass is 407 g/mol. The number of sulfonamides is 2. The predicted molar refractivity (Wildman–Crippen MR) is 103 cm³/mol. The van der Waals surface area contributed by atoms with Gasteiger partial charge in [0.05, 0.1) is 21.4 Å².